The van der Waals surface area contributed by atoms with E-state index < -0.39 is 10.0 Å². The Morgan fingerprint density at radius 2 is 1.90 bits per heavy atom. The summed E-state index contributed by atoms with van der Waals surface area (Å²) in [4.78, 5) is 6.07. The minimum absolute atomic E-state index is 0.223. The molecule has 0 unspecified atom stereocenters. The molecule has 0 saturated heterocycles. The molecule has 1 fully saturated rings. The summed E-state index contributed by atoms with van der Waals surface area (Å²) in [6.45, 7) is 1.92. The molecule has 6 heteroatoms. The lowest BCUT2D eigenvalue weighted by molar-refractivity contribution is 0.479. The average molecular weight is 295 g/mol. The van der Waals surface area contributed by atoms with Crippen LogP contribution in [-0.4, -0.2) is 33.6 Å². The fourth-order valence-corrected chi connectivity index (χ4v) is 3.60. The fraction of sp³-hybridized carbons (Fsp3) is 0.500. The van der Waals surface area contributed by atoms with Gasteiger partial charge in [0, 0.05) is 25.5 Å². The maximum Gasteiger partial charge on any atom is 0.235 e. The van der Waals surface area contributed by atoms with E-state index in [0.29, 0.717) is 5.69 Å². The SMILES string of the molecule is CN=C(C)N(C)c1ccc(NS(=O)(=O)C2CCC2)cc1. The van der Waals surface area contributed by atoms with Crippen LogP contribution in [0.3, 0.4) is 0 Å². The van der Waals surface area contributed by atoms with Gasteiger partial charge < -0.3 is 4.90 Å². The van der Waals surface area contributed by atoms with E-state index in [-0.39, 0.29) is 5.25 Å². The Hall–Kier alpha value is -1.56. The Balaban J connectivity index is 2.09. The number of nitrogens with one attached hydrogen (secondary N) is 1. The molecule has 5 nitrogen and oxygen atoms in total. The maximum absolute atomic E-state index is 12.0. The molecule has 1 aromatic carbocycles. The van der Waals surface area contributed by atoms with Gasteiger partial charge in [-0.2, -0.15) is 0 Å². The summed E-state index contributed by atoms with van der Waals surface area (Å²) in [7, 11) is 0.451. The van der Waals surface area contributed by atoms with Crippen LogP contribution in [0.25, 0.3) is 0 Å². The number of aliphatic imine (C=N–C) groups is 1. The van der Waals surface area contributed by atoms with Crippen LogP contribution in [0, 0.1) is 0 Å². The van der Waals surface area contributed by atoms with Crippen molar-refractivity contribution >= 4 is 27.2 Å². The first kappa shape index (κ1) is 14.8. The molecular formula is C14H21N3O2S. The van der Waals surface area contributed by atoms with E-state index >= 15 is 0 Å². The molecule has 0 bridgehead atoms. The molecule has 110 valence electrons. The second-order valence-electron chi connectivity index (χ2n) is 5.08. The first-order chi connectivity index (χ1) is 9.44. The van der Waals surface area contributed by atoms with E-state index in [4.69, 9.17) is 0 Å². The Kier molecular flexibility index (Phi) is 4.32. The average Bonchev–Trinajstić information content (AvgIpc) is 2.34. The van der Waals surface area contributed by atoms with Crippen molar-refractivity contribution in [3.8, 4) is 0 Å². The van der Waals surface area contributed by atoms with Crippen molar-refractivity contribution in [2.24, 2.45) is 4.99 Å². The second-order valence-corrected chi connectivity index (χ2v) is 7.04. The molecule has 0 heterocycles. The molecule has 1 saturated carbocycles. The Morgan fingerprint density at radius 1 is 1.30 bits per heavy atom. The minimum atomic E-state index is -3.22. The summed E-state index contributed by atoms with van der Waals surface area (Å²) in [6.07, 6.45) is 2.54. The van der Waals surface area contributed by atoms with Gasteiger partial charge in [-0.05, 0) is 44.0 Å². The minimum Gasteiger partial charge on any atom is -0.334 e. The lowest BCUT2D eigenvalue weighted by Crippen LogP contribution is -2.33. The van der Waals surface area contributed by atoms with E-state index in [1.807, 2.05) is 31.0 Å². The molecule has 0 spiro atoms. The number of sulfonamides is 1. The number of nitrogens with zero attached hydrogens (tertiary/aromatic N) is 2. The van der Waals surface area contributed by atoms with Gasteiger partial charge in [-0.15, -0.1) is 0 Å². The lowest BCUT2D eigenvalue weighted by Gasteiger charge is -2.25. The van der Waals surface area contributed by atoms with Crippen molar-refractivity contribution < 1.29 is 8.42 Å². The number of rotatable bonds is 4. The molecule has 0 radical (unpaired) electrons. The molecule has 2 rings (SSSR count). The van der Waals surface area contributed by atoms with Crippen LogP contribution in [0.2, 0.25) is 0 Å². The highest BCUT2D eigenvalue weighted by molar-refractivity contribution is 7.93. The van der Waals surface area contributed by atoms with Gasteiger partial charge in [-0.3, -0.25) is 9.71 Å². The largest absolute Gasteiger partial charge is 0.334 e. The summed E-state index contributed by atoms with van der Waals surface area (Å²) in [5.41, 5.74) is 1.58. The zero-order chi connectivity index (χ0) is 14.8. The Labute approximate surface area is 120 Å². The second kappa shape index (κ2) is 5.83. The number of benzene rings is 1. The molecule has 0 aromatic heterocycles. The highest BCUT2D eigenvalue weighted by Crippen LogP contribution is 2.28. The van der Waals surface area contributed by atoms with Gasteiger partial charge >= 0.3 is 0 Å². The molecule has 1 aliphatic rings. The topological polar surface area (TPSA) is 61.8 Å². The van der Waals surface area contributed by atoms with E-state index in [9.17, 15) is 8.42 Å². The summed E-state index contributed by atoms with van der Waals surface area (Å²) in [5, 5.41) is -0.223. The highest BCUT2D eigenvalue weighted by atomic mass is 32.2. The predicted molar refractivity (Wildman–Crippen MR) is 84.1 cm³/mol. The maximum atomic E-state index is 12.0. The van der Waals surface area contributed by atoms with E-state index in [2.05, 4.69) is 9.71 Å². The molecule has 1 N–H and O–H groups in total. The quantitative estimate of drug-likeness (QED) is 0.685. The molecule has 0 atom stereocenters. The lowest BCUT2D eigenvalue weighted by atomic mass is 10.0. The molecule has 0 amide bonds. The molecular weight excluding hydrogens is 274 g/mol. The molecule has 1 aliphatic carbocycles. The van der Waals surface area contributed by atoms with Crippen LogP contribution in [0.4, 0.5) is 11.4 Å². The van der Waals surface area contributed by atoms with Gasteiger partial charge in [0.05, 0.1) is 11.1 Å². The third-order valence-corrected chi connectivity index (χ3v) is 5.68. The third-order valence-electron chi connectivity index (χ3n) is 3.81. The normalized spacial score (nSPS) is 16.6. The van der Waals surface area contributed by atoms with Gasteiger partial charge in [0.25, 0.3) is 0 Å². The van der Waals surface area contributed by atoms with Crippen molar-refractivity contribution in [3.63, 3.8) is 0 Å². The summed E-state index contributed by atoms with van der Waals surface area (Å²) < 4.78 is 26.7. The monoisotopic (exact) mass is 295 g/mol. The van der Waals surface area contributed by atoms with Crippen LogP contribution in [0.5, 0.6) is 0 Å². The predicted octanol–water partition coefficient (Wildman–Crippen LogP) is 2.47. The van der Waals surface area contributed by atoms with Crippen molar-refractivity contribution in [2.45, 2.75) is 31.4 Å². The smallest absolute Gasteiger partial charge is 0.235 e. The molecule has 1 aromatic rings. The summed E-state index contributed by atoms with van der Waals surface area (Å²) >= 11 is 0. The Morgan fingerprint density at radius 3 is 2.35 bits per heavy atom. The van der Waals surface area contributed by atoms with Gasteiger partial charge in [-0.1, -0.05) is 6.42 Å². The standard InChI is InChI=1S/C14H21N3O2S/c1-11(15-2)17(3)13-9-7-12(8-10-13)16-20(18,19)14-5-4-6-14/h7-10,14,16H,4-6H2,1-3H3. The summed E-state index contributed by atoms with van der Waals surface area (Å²) in [5.74, 6) is 0.896. The zero-order valence-electron chi connectivity index (χ0n) is 12.1. The number of anilines is 2. The van der Waals surface area contributed by atoms with Crippen molar-refractivity contribution in [2.75, 3.05) is 23.7 Å². The Bertz CT molecular complexity index is 589. The van der Waals surface area contributed by atoms with E-state index in [1.54, 1.807) is 19.2 Å². The van der Waals surface area contributed by atoms with E-state index in [0.717, 1.165) is 30.8 Å². The van der Waals surface area contributed by atoms with Crippen molar-refractivity contribution in [1.82, 2.24) is 0 Å². The molecule has 0 aliphatic heterocycles. The van der Waals surface area contributed by atoms with E-state index in [1.165, 1.54) is 0 Å². The fourth-order valence-electron chi connectivity index (χ4n) is 2.02. The van der Waals surface area contributed by atoms with Crippen LogP contribution >= 0.6 is 0 Å². The van der Waals surface area contributed by atoms with Crippen LogP contribution < -0.4 is 9.62 Å². The highest BCUT2D eigenvalue weighted by Gasteiger charge is 2.31. The zero-order valence-corrected chi connectivity index (χ0v) is 12.9. The van der Waals surface area contributed by atoms with Gasteiger partial charge in [0.2, 0.25) is 10.0 Å². The third kappa shape index (κ3) is 3.12. The molecule has 20 heavy (non-hydrogen) atoms. The van der Waals surface area contributed by atoms with Gasteiger partial charge in [0.15, 0.2) is 0 Å². The number of hydrogen-bond acceptors (Lipinski definition) is 3. The van der Waals surface area contributed by atoms with Gasteiger partial charge in [-0.25, -0.2) is 8.42 Å². The number of hydrogen-bond donors (Lipinski definition) is 1. The van der Waals surface area contributed by atoms with Crippen LogP contribution in [0.1, 0.15) is 26.2 Å². The summed E-state index contributed by atoms with van der Waals surface area (Å²) in [6, 6.07) is 7.33. The van der Waals surface area contributed by atoms with Crippen LogP contribution in [-0.2, 0) is 10.0 Å². The first-order valence-electron chi connectivity index (χ1n) is 6.73. The first-order valence-corrected chi connectivity index (χ1v) is 8.27. The van der Waals surface area contributed by atoms with Crippen molar-refractivity contribution in [1.29, 1.82) is 0 Å². The van der Waals surface area contributed by atoms with Gasteiger partial charge in [0.1, 0.15) is 0 Å². The van der Waals surface area contributed by atoms with Crippen LogP contribution in [0.15, 0.2) is 29.3 Å². The van der Waals surface area contributed by atoms with Crippen molar-refractivity contribution in [3.05, 3.63) is 24.3 Å². The number of amidine groups is 1.